The number of hydrogen-bond donors (Lipinski definition) is 1. The van der Waals surface area contributed by atoms with Gasteiger partial charge in [-0.3, -0.25) is 13.9 Å². The Kier molecular flexibility index (Phi) is 11.0. The topological polar surface area (TPSA) is 86.8 Å². The zero-order valence-electron chi connectivity index (χ0n) is 22.5. The molecule has 2 rings (SSSR count). The second-order valence-corrected chi connectivity index (χ2v) is 11.4. The first-order valence-electron chi connectivity index (χ1n) is 12.7. The van der Waals surface area contributed by atoms with E-state index >= 15 is 0 Å². The van der Waals surface area contributed by atoms with Gasteiger partial charge in [0, 0.05) is 25.6 Å². The molecule has 36 heavy (non-hydrogen) atoms. The van der Waals surface area contributed by atoms with Crippen LogP contribution >= 0.6 is 0 Å². The zero-order valence-corrected chi connectivity index (χ0v) is 23.3. The van der Waals surface area contributed by atoms with Crippen molar-refractivity contribution in [3.8, 4) is 0 Å². The van der Waals surface area contributed by atoms with Gasteiger partial charge in [0.2, 0.25) is 21.8 Å². The second-order valence-electron chi connectivity index (χ2n) is 9.46. The Balaban J connectivity index is 2.23. The van der Waals surface area contributed by atoms with Crippen LogP contribution in [-0.4, -0.2) is 50.0 Å². The molecule has 1 N–H and O–H groups in total. The highest BCUT2D eigenvalue weighted by Crippen LogP contribution is 2.21. The molecule has 198 valence electrons. The Morgan fingerprint density at radius 3 is 2.17 bits per heavy atom. The van der Waals surface area contributed by atoms with Crippen LogP contribution in [0.2, 0.25) is 0 Å². The van der Waals surface area contributed by atoms with E-state index in [1.165, 1.54) is 10.6 Å². The van der Waals surface area contributed by atoms with Crippen LogP contribution in [-0.2, 0) is 26.2 Å². The van der Waals surface area contributed by atoms with E-state index < -0.39 is 16.1 Å². The molecule has 7 nitrogen and oxygen atoms in total. The number of nitrogens with one attached hydrogen (secondary N) is 1. The van der Waals surface area contributed by atoms with Gasteiger partial charge in [-0.05, 0) is 63.3 Å². The zero-order chi connectivity index (χ0) is 26.9. The third-order valence-corrected chi connectivity index (χ3v) is 7.66. The Morgan fingerprint density at radius 2 is 1.61 bits per heavy atom. The lowest BCUT2D eigenvalue weighted by molar-refractivity contribution is -0.141. The van der Waals surface area contributed by atoms with Gasteiger partial charge in [-0.1, -0.05) is 55.8 Å². The molecule has 0 spiro atoms. The van der Waals surface area contributed by atoms with Crippen molar-refractivity contribution in [3.63, 3.8) is 0 Å². The van der Waals surface area contributed by atoms with Crippen molar-refractivity contribution in [1.82, 2.24) is 10.2 Å². The molecular formula is C28H41N3O4S. The molecule has 0 saturated heterocycles. The summed E-state index contributed by atoms with van der Waals surface area (Å²) in [7, 11) is -3.51. The number of sulfonamides is 1. The van der Waals surface area contributed by atoms with Crippen LogP contribution in [0.5, 0.6) is 0 Å². The first kappa shape index (κ1) is 29.4. The first-order valence-corrected chi connectivity index (χ1v) is 14.5. The van der Waals surface area contributed by atoms with Crippen LogP contribution < -0.4 is 9.62 Å². The lowest BCUT2D eigenvalue weighted by atomic mass is 10.0. The average Bonchev–Trinajstić information content (AvgIpc) is 2.82. The number of hydrogen-bond acceptors (Lipinski definition) is 4. The fraction of sp³-hybridized carbons (Fsp3) is 0.500. The molecular weight excluding hydrogens is 474 g/mol. The molecule has 2 atom stereocenters. The Morgan fingerprint density at radius 1 is 0.972 bits per heavy atom. The summed E-state index contributed by atoms with van der Waals surface area (Å²) < 4.78 is 26.2. The standard InChI is InChI=1S/C28H41N3O4S/c1-7-23(5)29-28(33)26(8-2)30(20-24-13-10-9-12-22(24)4)27(32)14-11-19-31(36(6,34)35)25-17-15-21(3)16-18-25/h9-10,12-13,15-18,23,26H,7-8,11,14,19-20H2,1-6H3,(H,29,33)/t23-,26+/m1/s1. The van der Waals surface area contributed by atoms with Crippen molar-refractivity contribution in [2.75, 3.05) is 17.1 Å². The number of nitrogens with zero attached hydrogens (tertiary/aromatic N) is 2. The van der Waals surface area contributed by atoms with E-state index in [1.807, 2.05) is 71.0 Å². The summed E-state index contributed by atoms with van der Waals surface area (Å²) in [6.45, 7) is 10.3. The Bertz CT molecular complexity index is 1120. The molecule has 0 aliphatic heterocycles. The summed E-state index contributed by atoms with van der Waals surface area (Å²) in [5.74, 6) is -0.326. The quantitative estimate of drug-likeness (QED) is 0.423. The van der Waals surface area contributed by atoms with Crippen molar-refractivity contribution in [2.24, 2.45) is 0 Å². The van der Waals surface area contributed by atoms with Gasteiger partial charge in [0.1, 0.15) is 6.04 Å². The molecule has 2 aromatic carbocycles. The van der Waals surface area contributed by atoms with Crippen LogP contribution in [0.15, 0.2) is 48.5 Å². The van der Waals surface area contributed by atoms with Gasteiger partial charge >= 0.3 is 0 Å². The number of anilines is 1. The van der Waals surface area contributed by atoms with Crippen molar-refractivity contribution in [2.45, 2.75) is 78.9 Å². The minimum Gasteiger partial charge on any atom is -0.352 e. The van der Waals surface area contributed by atoms with Crippen LogP contribution in [0.4, 0.5) is 5.69 Å². The molecule has 0 unspecified atom stereocenters. The smallest absolute Gasteiger partial charge is 0.243 e. The molecule has 0 aliphatic rings. The average molecular weight is 516 g/mol. The van der Waals surface area contributed by atoms with E-state index in [9.17, 15) is 18.0 Å². The fourth-order valence-corrected chi connectivity index (χ4v) is 5.01. The lowest BCUT2D eigenvalue weighted by Gasteiger charge is -2.32. The van der Waals surface area contributed by atoms with Crippen LogP contribution in [0, 0.1) is 13.8 Å². The van der Waals surface area contributed by atoms with E-state index in [0.717, 1.165) is 23.1 Å². The van der Waals surface area contributed by atoms with E-state index in [4.69, 9.17) is 0 Å². The predicted molar refractivity (Wildman–Crippen MR) is 146 cm³/mol. The minimum atomic E-state index is -3.51. The molecule has 0 bridgehead atoms. The predicted octanol–water partition coefficient (Wildman–Crippen LogP) is 4.57. The van der Waals surface area contributed by atoms with E-state index in [2.05, 4.69) is 5.32 Å². The number of carbonyl (C=O) groups is 2. The molecule has 2 aromatic rings. The van der Waals surface area contributed by atoms with Crippen molar-refractivity contribution >= 4 is 27.5 Å². The van der Waals surface area contributed by atoms with Gasteiger partial charge in [0.05, 0.1) is 11.9 Å². The summed E-state index contributed by atoms with van der Waals surface area (Å²) >= 11 is 0. The van der Waals surface area contributed by atoms with Crippen molar-refractivity contribution < 1.29 is 18.0 Å². The molecule has 0 saturated carbocycles. The maximum atomic E-state index is 13.5. The summed E-state index contributed by atoms with van der Waals surface area (Å²) in [5.41, 5.74) is 3.65. The lowest BCUT2D eigenvalue weighted by Crippen LogP contribution is -2.50. The van der Waals surface area contributed by atoms with E-state index in [1.54, 1.807) is 17.0 Å². The number of benzene rings is 2. The van der Waals surface area contributed by atoms with E-state index in [-0.39, 0.29) is 30.8 Å². The number of carbonyl (C=O) groups excluding carboxylic acids is 2. The maximum Gasteiger partial charge on any atom is 0.243 e. The van der Waals surface area contributed by atoms with Crippen LogP contribution in [0.3, 0.4) is 0 Å². The third kappa shape index (κ3) is 8.36. The van der Waals surface area contributed by atoms with Gasteiger partial charge in [0.15, 0.2) is 0 Å². The van der Waals surface area contributed by atoms with Crippen molar-refractivity contribution in [1.29, 1.82) is 0 Å². The minimum absolute atomic E-state index is 0.0137. The third-order valence-electron chi connectivity index (χ3n) is 6.46. The summed E-state index contributed by atoms with van der Waals surface area (Å²) in [6.07, 6.45) is 2.93. The highest BCUT2D eigenvalue weighted by atomic mass is 32.2. The SMILES string of the molecule is CC[C@@H](C)NC(=O)[C@H](CC)N(Cc1ccccc1C)C(=O)CCCN(c1ccc(C)cc1)S(C)(=O)=O. The largest absolute Gasteiger partial charge is 0.352 e. The van der Waals surface area contributed by atoms with Gasteiger partial charge in [-0.25, -0.2) is 8.42 Å². The van der Waals surface area contributed by atoms with E-state index in [0.29, 0.717) is 25.1 Å². The van der Waals surface area contributed by atoms with Gasteiger partial charge in [-0.2, -0.15) is 0 Å². The molecule has 8 heteroatoms. The molecule has 0 heterocycles. The monoisotopic (exact) mass is 515 g/mol. The Labute approximate surface area is 216 Å². The number of rotatable bonds is 13. The summed E-state index contributed by atoms with van der Waals surface area (Å²) in [6, 6.07) is 14.5. The molecule has 2 amide bonds. The fourth-order valence-electron chi connectivity index (χ4n) is 4.05. The van der Waals surface area contributed by atoms with Gasteiger partial charge in [0.25, 0.3) is 0 Å². The first-order chi connectivity index (χ1) is 17.0. The highest BCUT2D eigenvalue weighted by Gasteiger charge is 2.29. The molecule has 0 fully saturated rings. The maximum absolute atomic E-state index is 13.5. The number of aryl methyl sites for hydroxylation is 2. The highest BCUT2D eigenvalue weighted by molar-refractivity contribution is 7.92. The molecule has 0 radical (unpaired) electrons. The second kappa shape index (κ2) is 13.4. The van der Waals surface area contributed by atoms with Crippen LogP contribution in [0.1, 0.15) is 63.1 Å². The van der Waals surface area contributed by atoms with Gasteiger partial charge in [-0.15, -0.1) is 0 Å². The van der Waals surface area contributed by atoms with Crippen molar-refractivity contribution in [3.05, 3.63) is 65.2 Å². The summed E-state index contributed by atoms with van der Waals surface area (Å²) in [5, 5.41) is 3.02. The normalized spacial score (nSPS) is 13.1. The molecule has 0 aliphatic carbocycles. The summed E-state index contributed by atoms with van der Waals surface area (Å²) in [4.78, 5) is 28.3. The number of amides is 2. The van der Waals surface area contributed by atoms with Gasteiger partial charge < -0.3 is 10.2 Å². The van der Waals surface area contributed by atoms with Crippen LogP contribution in [0.25, 0.3) is 0 Å². The Hall–Kier alpha value is -2.87. The molecule has 0 aromatic heterocycles.